The standard InChI is InChI=1S/C16H20N2O/c1-19-12-4-5-13-14-9-11-3-2-7-18(11)8-6-15(14)17-16(13)10-12/h4-5,10-11,17H,2-3,6-9H2,1H3/t11-/m1/s1. The van der Waals surface area contributed by atoms with Crippen LogP contribution in [0.4, 0.5) is 0 Å². The Morgan fingerprint density at radius 1 is 1.32 bits per heavy atom. The largest absolute Gasteiger partial charge is 0.497 e. The van der Waals surface area contributed by atoms with Gasteiger partial charge in [0.15, 0.2) is 0 Å². The van der Waals surface area contributed by atoms with E-state index in [1.807, 2.05) is 0 Å². The van der Waals surface area contributed by atoms with Crippen molar-refractivity contribution in [3.63, 3.8) is 0 Å². The van der Waals surface area contributed by atoms with E-state index in [9.17, 15) is 0 Å². The molecule has 3 nitrogen and oxygen atoms in total. The van der Waals surface area contributed by atoms with Crippen LogP contribution in [0.15, 0.2) is 18.2 Å². The zero-order valence-electron chi connectivity index (χ0n) is 11.4. The Kier molecular flexibility index (Phi) is 2.55. The topological polar surface area (TPSA) is 28.3 Å². The summed E-state index contributed by atoms with van der Waals surface area (Å²) in [6.45, 7) is 2.50. The predicted molar refractivity (Wildman–Crippen MR) is 76.9 cm³/mol. The van der Waals surface area contributed by atoms with Crippen molar-refractivity contribution in [1.29, 1.82) is 0 Å². The molecule has 0 bridgehead atoms. The third-order valence-corrected chi connectivity index (χ3v) is 4.79. The van der Waals surface area contributed by atoms with Crippen LogP contribution in [0.1, 0.15) is 24.1 Å². The van der Waals surface area contributed by atoms with Crippen LogP contribution in [0, 0.1) is 0 Å². The number of benzene rings is 1. The second kappa shape index (κ2) is 4.27. The fraction of sp³-hybridized carbons (Fsp3) is 0.500. The quantitative estimate of drug-likeness (QED) is 0.849. The molecule has 1 fully saturated rings. The Balaban J connectivity index is 1.80. The predicted octanol–water partition coefficient (Wildman–Crippen LogP) is 2.74. The average molecular weight is 256 g/mol. The number of fused-ring (bicyclic) bond motifs is 4. The van der Waals surface area contributed by atoms with Crippen molar-refractivity contribution in [3.8, 4) is 5.75 Å². The normalized spacial score (nSPS) is 23.1. The maximum absolute atomic E-state index is 5.32. The van der Waals surface area contributed by atoms with E-state index in [4.69, 9.17) is 4.74 Å². The number of hydrogen-bond donors (Lipinski definition) is 1. The van der Waals surface area contributed by atoms with Crippen LogP contribution in [-0.2, 0) is 12.8 Å². The maximum atomic E-state index is 5.32. The highest BCUT2D eigenvalue weighted by molar-refractivity contribution is 5.86. The Bertz CT molecular complexity index is 616. The lowest BCUT2D eigenvalue weighted by Crippen LogP contribution is -2.30. The van der Waals surface area contributed by atoms with E-state index >= 15 is 0 Å². The van der Waals surface area contributed by atoms with E-state index in [2.05, 4.69) is 28.1 Å². The first-order valence-corrected chi connectivity index (χ1v) is 7.26. The summed E-state index contributed by atoms with van der Waals surface area (Å²) in [5.41, 5.74) is 4.22. The second-order valence-corrected chi connectivity index (χ2v) is 5.78. The summed E-state index contributed by atoms with van der Waals surface area (Å²) in [5, 5.41) is 1.39. The number of hydrogen-bond acceptors (Lipinski definition) is 2. The van der Waals surface area contributed by atoms with Gasteiger partial charge >= 0.3 is 0 Å². The summed E-state index contributed by atoms with van der Waals surface area (Å²) < 4.78 is 5.32. The van der Waals surface area contributed by atoms with Gasteiger partial charge < -0.3 is 9.72 Å². The summed E-state index contributed by atoms with van der Waals surface area (Å²) in [6.07, 6.45) is 5.10. The highest BCUT2D eigenvalue weighted by atomic mass is 16.5. The van der Waals surface area contributed by atoms with Gasteiger partial charge in [-0.3, -0.25) is 4.90 Å². The Labute approximate surface area is 113 Å². The molecule has 2 aliphatic rings. The fourth-order valence-electron chi connectivity index (χ4n) is 3.78. The highest BCUT2D eigenvalue weighted by Gasteiger charge is 2.29. The third-order valence-electron chi connectivity index (χ3n) is 4.79. The Morgan fingerprint density at radius 3 is 3.16 bits per heavy atom. The van der Waals surface area contributed by atoms with Crippen molar-refractivity contribution in [3.05, 3.63) is 29.5 Å². The molecule has 2 aliphatic heterocycles. The minimum Gasteiger partial charge on any atom is -0.497 e. The number of aromatic nitrogens is 1. The molecular weight excluding hydrogens is 236 g/mol. The average Bonchev–Trinajstić information content (AvgIpc) is 2.98. The van der Waals surface area contributed by atoms with Crippen molar-refractivity contribution < 1.29 is 4.74 Å². The second-order valence-electron chi connectivity index (χ2n) is 5.78. The molecule has 1 atom stereocenters. The lowest BCUT2D eigenvalue weighted by atomic mass is 10.0. The maximum Gasteiger partial charge on any atom is 0.120 e. The van der Waals surface area contributed by atoms with Crippen LogP contribution in [0.25, 0.3) is 10.9 Å². The van der Waals surface area contributed by atoms with Gasteiger partial charge in [-0.15, -0.1) is 0 Å². The smallest absolute Gasteiger partial charge is 0.120 e. The molecule has 4 rings (SSSR count). The zero-order chi connectivity index (χ0) is 12.8. The van der Waals surface area contributed by atoms with Gasteiger partial charge in [0.05, 0.1) is 7.11 Å². The summed E-state index contributed by atoms with van der Waals surface area (Å²) in [7, 11) is 1.73. The Hall–Kier alpha value is -1.48. The number of rotatable bonds is 1. The van der Waals surface area contributed by atoms with Crippen LogP contribution in [0.2, 0.25) is 0 Å². The zero-order valence-corrected chi connectivity index (χ0v) is 11.4. The van der Waals surface area contributed by atoms with E-state index in [0.717, 1.165) is 18.2 Å². The highest BCUT2D eigenvalue weighted by Crippen LogP contribution is 2.32. The van der Waals surface area contributed by atoms with Crippen LogP contribution in [-0.4, -0.2) is 36.1 Å². The first kappa shape index (κ1) is 11.4. The third kappa shape index (κ3) is 1.76. The molecule has 2 aromatic rings. The monoisotopic (exact) mass is 256 g/mol. The summed E-state index contributed by atoms with van der Waals surface area (Å²) in [5.74, 6) is 0.936. The molecule has 0 spiro atoms. The van der Waals surface area contributed by atoms with Gasteiger partial charge in [0.25, 0.3) is 0 Å². The van der Waals surface area contributed by atoms with Crippen molar-refractivity contribution in [2.45, 2.75) is 31.7 Å². The van der Waals surface area contributed by atoms with Gasteiger partial charge in [-0.1, -0.05) is 0 Å². The van der Waals surface area contributed by atoms with Gasteiger partial charge in [-0.2, -0.15) is 0 Å². The number of nitrogens with zero attached hydrogens (tertiary/aromatic N) is 1. The van der Waals surface area contributed by atoms with E-state index < -0.39 is 0 Å². The number of aromatic amines is 1. The molecule has 1 saturated heterocycles. The van der Waals surface area contributed by atoms with Gasteiger partial charge in [-0.05, 0) is 43.5 Å². The number of methoxy groups -OCH3 is 1. The first-order chi connectivity index (χ1) is 9.35. The Morgan fingerprint density at radius 2 is 2.26 bits per heavy atom. The lowest BCUT2D eigenvalue weighted by molar-refractivity contribution is 0.263. The van der Waals surface area contributed by atoms with E-state index in [-0.39, 0.29) is 0 Å². The van der Waals surface area contributed by atoms with Gasteiger partial charge in [0, 0.05) is 41.7 Å². The molecule has 19 heavy (non-hydrogen) atoms. The van der Waals surface area contributed by atoms with Crippen LogP contribution < -0.4 is 4.74 Å². The number of nitrogens with one attached hydrogen (secondary N) is 1. The van der Waals surface area contributed by atoms with Gasteiger partial charge in [0.1, 0.15) is 5.75 Å². The SMILES string of the molecule is COc1ccc2c3c([nH]c2c1)CCN1CCC[C@@H]1C3. The molecule has 1 aromatic carbocycles. The summed E-state index contributed by atoms with van der Waals surface area (Å²) >= 11 is 0. The molecular formula is C16H20N2O. The van der Waals surface area contributed by atoms with Crippen molar-refractivity contribution in [2.75, 3.05) is 20.2 Å². The first-order valence-electron chi connectivity index (χ1n) is 7.26. The molecule has 0 radical (unpaired) electrons. The summed E-state index contributed by atoms with van der Waals surface area (Å²) in [6, 6.07) is 7.18. The summed E-state index contributed by atoms with van der Waals surface area (Å²) in [4.78, 5) is 6.28. The molecule has 0 unspecified atom stereocenters. The molecule has 3 heteroatoms. The molecule has 0 saturated carbocycles. The lowest BCUT2D eigenvalue weighted by Gasteiger charge is -2.21. The molecule has 1 N–H and O–H groups in total. The van der Waals surface area contributed by atoms with Gasteiger partial charge in [-0.25, -0.2) is 0 Å². The molecule has 3 heterocycles. The molecule has 0 aliphatic carbocycles. The number of ether oxygens (including phenoxy) is 1. The van der Waals surface area contributed by atoms with Crippen molar-refractivity contribution in [1.82, 2.24) is 9.88 Å². The van der Waals surface area contributed by atoms with Crippen molar-refractivity contribution in [2.24, 2.45) is 0 Å². The minimum atomic E-state index is 0.766. The molecule has 0 amide bonds. The van der Waals surface area contributed by atoms with Crippen LogP contribution in [0.5, 0.6) is 5.75 Å². The fourth-order valence-corrected chi connectivity index (χ4v) is 3.78. The minimum absolute atomic E-state index is 0.766. The van der Waals surface area contributed by atoms with E-state index in [0.29, 0.717) is 0 Å². The van der Waals surface area contributed by atoms with E-state index in [1.165, 1.54) is 48.9 Å². The van der Waals surface area contributed by atoms with E-state index in [1.54, 1.807) is 12.7 Å². The molecule has 100 valence electrons. The number of H-pyrrole nitrogens is 1. The van der Waals surface area contributed by atoms with Crippen LogP contribution >= 0.6 is 0 Å². The van der Waals surface area contributed by atoms with Crippen molar-refractivity contribution >= 4 is 10.9 Å². The molecule has 1 aromatic heterocycles. The van der Waals surface area contributed by atoms with Gasteiger partial charge in [0.2, 0.25) is 0 Å². The van der Waals surface area contributed by atoms with Crippen LogP contribution in [0.3, 0.4) is 0 Å².